The van der Waals surface area contributed by atoms with Gasteiger partial charge < -0.3 is 19.1 Å². The number of esters is 1. The molecule has 1 atom stereocenters. The molecule has 9 heteroatoms. The Hall–Kier alpha value is -2.29. The molecule has 1 aromatic carbocycles. The summed E-state index contributed by atoms with van der Waals surface area (Å²) in [7, 11) is -2.68. The number of sulfone groups is 1. The average Bonchev–Trinajstić information content (AvgIpc) is 2.66. The van der Waals surface area contributed by atoms with Gasteiger partial charge in [-0.1, -0.05) is 0 Å². The summed E-state index contributed by atoms with van der Waals surface area (Å²) >= 11 is 0. The molecule has 0 aromatic heterocycles. The van der Waals surface area contributed by atoms with E-state index in [0.29, 0.717) is 18.7 Å². The summed E-state index contributed by atoms with van der Waals surface area (Å²) in [6, 6.07) is 5.81. The second-order valence-corrected chi connectivity index (χ2v) is 10.2. The van der Waals surface area contributed by atoms with Crippen molar-refractivity contribution in [1.82, 2.24) is 4.90 Å². The lowest BCUT2D eigenvalue weighted by molar-refractivity contribution is -0.147. The van der Waals surface area contributed by atoms with Crippen LogP contribution in [-0.2, 0) is 24.1 Å². The van der Waals surface area contributed by atoms with Gasteiger partial charge in [-0.25, -0.2) is 13.2 Å². The second-order valence-electron chi connectivity index (χ2n) is 7.90. The van der Waals surface area contributed by atoms with E-state index in [1.807, 2.05) is 0 Å². The number of hydrogen-bond acceptors (Lipinski definition) is 7. The number of hydrogen-bond donors (Lipinski definition) is 0. The van der Waals surface area contributed by atoms with Gasteiger partial charge in [0.1, 0.15) is 11.4 Å². The third-order valence-corrected chi connectivity index (χ3v) is 7.06. The normalized spacial score (nSPS) is 20.1. The van der Waals surface area contributed by atoms with Crippen molar-refractivity contribution in [2.45, 2.75) is 55.8 Å². The Morgan fingerprint density at radius 2 is 1.79 bits per heavy atom. The topological polar surface area (TPSA) is 99.2 Å². The maximum absolute atomic E-state index is 13.6. The highest BCUT2D eigenvalue weighted by molar-refractivity contribution is 7.93. The van der Waals surface area contributed by atoms with Gasteiger partial charge in [0.05, 0.1) is 25.2 Å². The van der Waals surface area contributed by atoms with Crippen molar-refractivity contribution in [3.8, 4) is 5.75 Å². The third-order valence-electron chi connectivity index (χ3n) is 4.64. The van der Waals surface area contributed by atoms with Crippen LogP contribution < -0.4 is 4.74 Å². The molecule has 0 saturated carbocycles. The average molecular weight is 428 g/mol. The van der Waals surface area contributed by atoms with Crippen LogP contribution in [0.1, 0.15) is 40.5 Å². The van der Waals surface area contributed by atoms with Crippen LogP contribution in [0.5, 0.6) is 5.75 Å². The smallest absolute Gasteiger partial charge is 0.410 e. The monoisotopic (exact) mass is 427 g/mol. The van der Waals surface area contributed by atoms with Crippen LogP contribution in [-0.4, -0.2) is 62.5 Å². The Kier molecular flexibility index (Phi) is 6.82. The van der Waals surface area contributed by atoms with Gasteiger partial charge in [-0.2, -0.15) is 0 Å². The zero-order valence-corrected chi connectivity index (χ0v) is 18.4. The molecular weight excluding hydrogens is 398 g/mol. The van der Waals surface area contributed by atoms with Gasteiger partial charge in [0, 0.05) is 6.54 Å². The van der Waals surface area contributed by atoms with Crippen molar-refractivity contribution in [1.29, 1.82) is 0 Å². The van der Waals surface area contributed by atoms with Gasteiger partial charge >= 0.3 is 12.1 Å². The number of ether oxygens (including phenoxy) is 3. The minimum absolute atomic E-state index is 0.0302. The Balaban J connectivity index is 2.47. The van der Waals surface area contributed by atoms with Crippen LogP contribution in [0.25, 0.3) is 0 Å². The third kappa shape index (κ3) is 4.83. The van der Waals surface area contributed by atoms with Gasteiger partial charge in [-0.3, -0.25) is 4.79 Å². The van der Waals surface area contributed by atoms with Crippen LogP contribution in [0.3, 0.4) is 0 Å². The highest BCUT2D eigenvalue weighted by Gasteiger charge is 2.56. The minimum atomic E-state index is -4.16. The Morgan fingerprint density at radius 3 is 2.31 bits per heavy atom. The number of amides is 1. The predicted molar refractivity (Wildman–Crippen MR) is 107 cm³/mol. The number of rotatable bonds is 5. The first-order chi connectivity index (χ1) is 13.5. The van der Waals surface area contributed by atoms with Crippen molar-refractivity contribution < 1.29 is 32.2 Å². The quantitative estimate of drug-likeness (QED) is 0.666. The SMILES string of the molecule is CCOC(=O)C1(S(=O)(=O)c2ccc(OC)cc2)CCCN(C(=O)OC(C)(C)C)C1. The standard InChI is InChI=1S/C20H29NO7S/c1-6-27-17(22)20(29(24,25)16-10-8-15(26-5)9-11-16)12-7-13-21(14-20)18(23)28-19(2,3)4/h8-11H,6-7,12-14H2,1-5H3. The van der Waals surface area contributed by atoms with Gasteiger partial charge in [-0.15, -0.1) is 0 Å². The zero-order valence-electron chi connectivity index (χ0n) is 17.6. The molecular formula is C20H29NO7S. The van der Waals surface area contributed by atoms with Crippen molar-refractivity contribution in [2.24, 2.45) is 0 Å². The van der Waals surface area contributed by atoms with Crippen molar-refractivity contribution >= 4 is 21.9 Å². The van der Waals surface area contributed by atoms with Crippen LogP contribution in [0, 0.1) is 0 Å². The number of carbonyl (C=O) groups excluding carboxylic acids is 2. The minimum Gasteiger partial charge on any atom is -0.497 e. The summed E-state index contributed by atoms with van der Waals surface area (Å²) in [6.07, 6.45) is -0.275. The van der Waals surface area contributed by atoms with E-state index in [4.69, 9.17) is 14.2 Å². The molecule has 1 fully saturated rings. The second kappa shape index (κ2) is 8.61. The highest BCUT2D eigenvalue weighted by atomic mass is 32.2. The Bertz CT molecular complexity index is 843. The fourth-order valence-corrected chi connectivity index (χ4v) is 5.21. The molecule has 0 bridgehead atoms. The molecule has 1 aliphatic heterocycles. The molecule has 1 aromatic rings. The van der Waals surface area contributed by atoms with Gasteiger partial charge in [0.2, 0.25) is 0 Å². The molecule has 1 saturated heterocycles. The van der Waals surface area contributed by atoms with E-state index in [1.165, 1.54) is 36.3 Å². The molecule has 1 unspecified atom stereocenters. The first-order valence-corrected chi connectivity index (χ1v) is 11.0. The van der Waals surface area contributed by atoms with Gasteiger partial charge in [0.15, 0.2) is 14.6 Å². The van der Waals surface area contributed by atoms with E-state index >= 15 is 0 Å². The van der Waals surface area contributed by atoms with E-state index < -0.39 is 32.2 Å². The van der Waals surface area contributed by atoms with Crippen LogP contribution in [0.2, 0.25) is 0 Å². The fraction of sp³-hybridized carbons (Fsp3) is 0.600. The molecule has 0 radical (unpaired) electrons. The van der Waals surface area contributed by atoms with E-state index in [0.717, 1.165) is 0 Å². The predicted octanol–water partition coefficient (Wildman–Crippen LogP) is 2.80. The molecule has 0 N–H and O–H groups in total. The number of benzene rings is 1. The summed E-state index contributed by atoms with van der Waals surface area (Å²) in [5.74, 6) is -0.364. The molecule has 162 valence electrons. The number of piperidine rings is 1. The molecule has 0 aliphatic carbocycles. The summed E-state index contributed by atoms with van der Waals surface area (Å²) < 4.78 is 40.8. The van der Waals surface area contributed by atoms with Gasteiger partial charge in [0.25, 0.3) is 0 Å². The first kappa shape index (κ1) is 23.0. The number of nitrogens with zero attached hydrogens (tertiary/aromatic N) is 1. The molecule has 0 spiro atoms. The number of likely N-dealkylation sites (tertiary alicyclic amines) is 1. The maximum Gasteiger partial charge on any atom is 0.410 e. The summed E-state index contributed by atoms with van der Waals surface area (Å²) in [4.78, 5) is 26.7. The van der Waals surface area contributed by atoms with Gasteiger partial charge in [-0.05, 0) is 64.8 Å². The highest BCUT2D eigenvalue weighted by Crippen LogP contribution is 2.36. The van der Waals surface area contributed by atoms with E-state index in [1.54, 1.807) is 27.7 Å². The van der Waals surface area contributed by atoms with Crippen LogP contribution >= 0.6 is 0 Å². The fourth-order valence-electron chi connectivity index (χ4n) is 3.24. The van der Waals surface area contributed by atoms with E-state index in [-0.39, 0.29) is 24.5 Å². The molecule has 1 aliphatic rings. The first-order valence-electron chi connectivity index (χ1n) is 9.50. The van der Waals surface area contributed by atoms with E-state index in [2.05, 4.69) is 0 Å². The molecule has 2 rings (SSSR count). The lowest BCUT2D eigenvalue weighted by atomic mass is 9.97. The van der Waals surface area contributed by atoms with Crippen molar-refractivity contribution in [2.75, 3.05) is 26.8 Å². The van der Waals surface area contributed by atoms with Crippen LogP contribution in [0.15, 0.2) is 29.2 Å². The number of carbonyl (C=O) groups is 2. The molecule has 1 amide bonds. The zero-order chi connectivity index (χ0) is 21.9. The molecule has 8 nitrogen and oxygen atoms in total. The molecule has 1 heterocycles. The maximum atomic E-state index is 13.6. The summed E-state index contributed by atoms with van der Waals surface area (Å²) in [5.41, 5.74) is -0.740. The van der Waals surface area contributed by atoms with Crippen LogP contribution in [0.4, 0.5) is 4.79 Å². The largest absolute Gasteiger partial charge is 0.497 e. The lowest BCUT2D eigenvalue weighted by Crippen LogP contribution is -2.60. The lowest BCUT2D eigenvalue weighted by Gasteiger charge is -2.40. The Labute approximate surface area is 172 Å². The summed E-state index contributed by atoms with van der Waals surface area (Å²) in [6.45, 7) is 6.79. The Morgan fingerprint density at radius 1 is 1.17 bits per heavy atom. The number of methoxy groups -OCH3 is 1. The van der Waals surface area contributed by atoms with E-state index in [9.17, 15) is 18.0 Å². The van der Waals surface area contributed by atoms with Crippen molar-refractivity contribution in [3.63, 3.8) is 0 Å². The summed E-state index contributed by atoms with van der Waals surface area (Å²) in [5, 5.41) is 0. The molecule has 29 heavy (non-hydrogen) atoms. The van der Waals surface area contributed by atoms with Crippen molar-refractivity contribution in [3.05, 3.63) is 24.3 Å².